The highest BCUT2D eigenvalue weighted by Gasteiger charge is 2.15. The van der Waals surface area contributed by atoms with E-state index in [-0.39, 0.29) is 5.56 Å². The van der Waals surface area contributed by atoms with Gasteiger partial charge in [-0.15, -0.1) is 0 Å². The summed E-state index contributed by atoms with van der Waals surface area (Å²) >= 11 is 0. The van der Waals surface area contributed by atoms with E-state index in [9.17, 15) is 13.6 Å². The van der Waals surface area contributed by atoms with Crippen LogP contribution in [-0.2, 0) is 0 Å². The first-order valence-corrected chi connectivity index (χ1v) is 6.45. The lowest BCUT2D eigenvalue weighted by molar-refractivity contribution is 0.0945. The Hall–Kier alpha value is -1.65. The van der Waals surface area contributed by atoms with Gasteiger partial charge in [0.05, 0.1) is 0 Å². The minimum atomic E-state index is -1.13. The summed E-state index contributed by atoms with van der Waals surface area (Å²) in [6, 6.07) is 1.66. The molecule has 0 saturated carbocycles. The van der Waals surface area contributed by atoms with Crippen LogP contribution in [0.1, 0.15) is 43.5 Å². The Morgan fingerprint density at radius 3 is 2.37 bits per heavy atom. The van der Waals surface area contributed by atoms with Gasteiger partial charge in [0, 0.05) is 12.1 Å². The third-order valence-electron chi connectivity index (χ3n) is 3.10. The largest absolute Gasteiger partial charge is 0.503 e. The van der Waals surface area contributed by atoms with Crippen molar-refractivity contribution in [2.45, 2.75) is 33.1 Å². The fraction of sp³-hybridized carbons (Fsp3) is 0.500. The van der Waals surface area contributed by atoms with Gasteiger partial charge in [-0.1, -0.05) is 26.7 Å². The Labute approximate surface area is 111 Å². The van der Waals surface area contributed by atoms with Crippen molar-refractivity contribution in [2.75, 3.05) is 6.54 Å². The number of nitrogens with one attached hydrogen (secondary N) is 1. The zero-order valence-electron chi connectivity index (χ0n) is 11.2. The average Bonchev–Trinajstić information content (AvgIpc) is 2.39. The summed E-state index contributed by atoms with van der Waals surface area (Å²) < 4.78 is 26.2. The number of benzene rings is 1. The molecule has 0 saturated heterocycles. The Morgan fingerprint density at radius 2 is 1.89 bits per heavy atom. The molecular weight excluding hydrogens is 252 g/mol. The molecule has 0 radical (unpaired) electrons. The lowest BCUT2D eigenvalue weighted by atomic mass is 10.0. The summed E-state index contributed by atoms with van der Waals surface area (Å²) in [5.41, 5.74) is -0.126. The first-order valence-electron chi connectivity index (χ1n) is 6.45. The van der Waals surface area contributed by atoms with Crippen LogP contribution in [0.2, 0.25) is 0 Å². The number of hydrogen-bond donors (Lipinski definition) is 2. The van der Waals surface area contributed by atoms with Gasteiger partial charge in [-0.2, -0.15) is 0 Å². The first kappa shape index (κ1) is 15.4. The van der Waals surface area contributed by atoms with Gasteiger partial charge in [0.15, 0.2) is 17.4 Å². The fourth-order valence-corrected chi connectivity index (χ4v) is 1.89. The van der Waals surface area contributed by atoms with Crippen molar-refractivity contribution in [1.82, 2.24) is 5.32 Å². The molecule has 0 aliphatic heterocycles. The SMILES string of the molecule is CCCC(CC)CNC(=O)c1cc(F)c(O)c(F)c1. The molecule has 0 fully saturated rings. The van der Waals surface area contributed by atoms with Gasteiger partial charge in [0.1, 0.15) is 0 Å². The number of carbonyl (C=O) groups excluding carboxylic acids is 1. The van der Waals surface area contributed by atoms with E-state index in [2.05, 4.69) is 12.2 Å². The van der Waals surface area contributed by atoms with Crippen molar-refractivity contribution in [3.63, 3.8) is 0 Å². The zero-order valence-corrected chi connectivity index (χ0v) is 11.2. The van der Waals surface area contributed by atoms with Crippen LogP contribution in [0.15, 0.2) is 12.1 Å². The number of phenolic OH excluding ortho intramolecular Hbond substituents is 1. The molecule has 0 aliphatic rings. The minimum Gasteiger partial charge on any atom is -0.503 e. The predicted octanol–water partition coefficient (Wildman–Crippen LogP) is 3.23. The van der Waals surface area contributed by atoms with Gasteiger partial charge in [0.25, 0.3) is 5.91 Å². The van der Waals surface area contributed by atoms with Crippen LogP contribution in [0.5, 0.6) is 5.75 Å². The van der Waals surface area contributed by atoms with Gasteiger partial charge >= 0.3 is 0 Å². The van der Waals surface area contributed by atoms with Crippen LogP contribution < -0.4 is 5.32 Å². The first-order chi connectivity index (χ1) is 8.99. The Morgan fingerprint density at radius 1 is 1.32 bits per heavy atom. The van der Waals surface area contributed by atoms with Gasteiger partial charge < -0.3 is 10.4 Å². The molecule has 1 amide bonds. The number of carbonyl (C=O) groups is 1. The lowest BCUT2D eigenvalue weighted by Gasteiger charge is -2.14. The molecule has 106 valence electrons. The summed E-state index contributed by atoms with van der Waals surface area (Å²) in [7, 11) is 0. The molecule has 0 bridgehead atoms. The molecule has 0 spiro atoms. The lowest BCUT2D eigenvalue weighted by Crippen LogP contribution is -2.29. The standard InChI is InChI=1S/C14H19F2NO2/c1-3-5-9(4-2)8-17-14(19)10-6-11(15)13(18)12(16)7-10/h6-7,9,18H,3-5,8H2,1-2H3,(H,17,19). The van der Waals surface area contributed by atoms with Crippen molar-refractivity contribution in [3.8, 4) is 5.75 Å². The van der Waals surface area contributed by atoms with E-state index in [4.69, 9.17) is 5.11 Å². The van der Waals surface area contributed by atoms with E-state index in [1.165, 1.54) is 0 Å². The molecule has 0 aliphatic carbocycles. The molecule has 2 N–H and O–H groups in total. The number of rotatable bonds is 6. The summed E-state index contributed by atoms with van der Waals surface area (Å²) in [6.07, 6.45) is 2.96. The fourth-order valence-electron chi connectivity index (χ4n) is 1.89. The normalized spacial score (nSPS) is 12.2. The highest BCUT2D eigenvalue weighted by Crippen LogP contribution is 2.21. The molecule has 1 atom stereocenters. The second-order valence-corrected chi connectivity index (χ2v) is 4.56. The minimum absolute atomic E-state index is 0.126. The number of aromatic hydroxyl groups is 1. The predicted molar refractivity (Wildman–Crippen MR) is 69.0 cm³/mol. The van der Waals surface area contributed by atoms with Crippen LogP contribution in [0.3, 0.4) is 0 Å². The van der Waals surface area contributed by atoms with Gasteiger partial charge in [-0.05, 0) is 24.5 Å². The second-order valence-electron chi connectivity index (χ2n) is 4.56. The molecule has 3 nitrogen and oxygen atoms in total. The van der Waals surface area contributed by atoms with Crippen molar-refractivity contribution >= 4 is 5.91 Å². The third kappa shape index (κ3) is 4.19. The highest BCUT2D eigenvalue weighted by molar-refractivity contribution is 5.94. The number of halogens is 2. The van der Waals surface area contributed by atoms with Crippen molar-refractivity contribution < 1.29 is 18.7 Å². The Kier molecular flexibility index (Phi) is 5.73. The monoisotopic (exact) mass is 271 g/mol. The molecule has 0 aromatic heterocycles. The molecule has 5 heteroatoms. The quantitative estimate of drug-likeness (QED) is 0.834. The molecule has 1 unspecified atom stereocenters. The van der Waals surface area contributed by atoms with Crippen LogP contribution in [-0.4, -0.2) is 17.6 Å². The molecule has 1 rings (SSSR count). The molecule has 0 heterocycles. The molecule has 1 aromatic rings. The van der Waals surface area contributed by atoms with Gasteiger partial charge in [0.2, 0.25) is 0 Å². The van der Waals surface area contributed by atoms with Crippen LogP contribution in [0.25, 0.3) is 0 Å². The van der Waals surface area contributed by atoms with E-state index in [0.29, 0.717) is 12.5 Å². The second kappa shape index (κ2) is 7.07. The summed E-state index contributed by atoms with van der Waals surface area (Å²) in [5, 5.41) is 11.6. The van der Waals surface area contributed by atoms with E-state index in [0.717, 1.165) is 31.4 Å². The molecule has 1 aromatic carbocycles. The number of amides is 1. The summed E-state index contributed by atoms with van der Waals surface area (Å²) in [4.78, 5) is 11.8. The van der Waals surface area contributed by atoms with Crippen LogP contribution in [0, 0.1) is 17.6 Å². The maximum absolute atomic E-state index is 13.1. The van der Waals surface area contributed by atoms with Gasteiger partial charge in [-0.3, -0.25) is 4.79 Å². The maximum Gasteiger partial charge on any atom is 0.251 e. The van der Waals surface area contributed by atoms with Crippen molar-refractivity contribution in [1.29, 1.82) is 0 Å². The van der Waals surface area contributed by atoms with Crippen LogP contribution >= 0.6 is 0 Å². The number of hydrogen-bond acceptors (Lipinski definition) is 2. The summed E-state index contributed by atoms with van der Waals surface area (Å²) in [6.45, 7) is 4.58. The Bertz CT molecular complexity index is 426. The zero-order chi connectivity index (χ0) is 14.4. The third-order valence-corrected chi connectivity index (χ3v) is 3.10. The molecular formula is C14H19F2NO2. The van der Waals surface area contributed by atoms with E-state index in [1.54, 1.807) is 0 Å². The van der Waals surface area contributed by atoms with Crippen molar-refractivity contribution in [3.05, 3.63) is 29.3 Å². The van der Waals surface area contributed by atoms with Gasteiger partial charge in [-0.25, -0.2) is 8.78 Å². The van der Waals surface area contributed by atoms with E-state index < -0.39 is 23.3 Å². The Balaban J connectivity index is 2.68. The van der Waals surface area contributed by atoms with Crippen LogP contribution in [0.4, 0.5) is 8.78 Å². The van der Waals surface area contributed by atoms with E-state index >= 15 is 0 Å². The number of phenols is 1. The molecule has 19 heavy (non-hydrogen) atoms. The topological polar surface area (TPSA) is 49.3 Å². The highest BCUT2D eigenvalue weighted by atomic mass is 19.1. The average molecular weight is 271 g/mol. The van der Waals surface area contributed by atoms with Crippen molar-refractivity contribution in [2.24, 2.45) is 5.92 Å². The smallest absolute Gasteiger partial charge is 0.251 e. The maximum atomic E-state index is 13.1. The summed E-state index contributed by atoms with van der Waals surface area (Å²) in [5.74, 6) is -3.50. The van der Waals surface area contributed by atoms with E-state index in [1.807, 2.05) is 6.92 Å².